The molecule has 0 aliphatic carbocycles. The van der Waals surface area contributed by atoms with Crippen LogP contribution in [0.3, 0.4) is 0 Å². The second-order valence-corrected chi connectivity index (χ2v) is 3.38. The summed E-state index contributed by atoms with van der Waals surface area (Å²) in [6.07, 6.45) is 3.81. The van der Waals surface area contributed by atoms with Gasteiger partial charge in [0.05, 0.1) is 13.2 Å². The molecule has 3 heteroatoms. The number of hydrogen-bond acceptors (Lipinski definition) is 1. The first kappa shape index (κ1) is 9.71. The number of rotatable bonds is 2. The van der Waals surface area contributed by atoms with Gasteiger partial charge in [0.15, 0.2) is 0 Å². The van der Waals surface area contributed by atoms with Crippen LogP contribution in [-0.2, 0) is 7.05 Å². The van der Waals surface area contributed by atoms with Crippen LogP contribution in [0.15, 0.2) is 23.3 Å². The van der Waals surface area contributed by atoms with E-state index in [0.717, 1.165) is 5.82 Å². The van der Waals surface area contributed by atoms with Crippen molar-refractivity contribution in [3.63, 3.8) is 0 Å². The van der Waals surface area contributed by atoms with Gasteiger partial charge in [-0.15, -0.1) is 0 Å². The van der Waals surface area contributed by atoms with Crippen LogP contribution in [0.4, 0.5) is 5.82 Å². The first-order valence-corrected chi connectivity index (χ1v) is 4.26. The van der Waals surface area contributed by atoms with E-state index in [1.165, 1.54) is 5.56 Å². The van der Waals surface area contributed by atoms with Gasteiger partial charge in [-0.25, -0.2) is 4.57 Å². The Morgan fingerprint density at radius 2 is 2.15 bits per heavy atom. The molecule has 70 valence electrons. The molecular formula is C10H16N3+. The van der Waals surface area contributed by atoms with Gasteiger partial charge in [0, 0.05) is 20.2 Å². The van der Waals surface area contributed by atoms with Crippen molar-refractivity contribution in [1.82, 2.24) is 4.90 Å². The molecule has 1 aromatic rings. The Morgan fingerprint density at radius 1 is 1.46 bits per heavy atom. The number of hydrogen-bond donors (Lipinski definition) is 0. The van der Waals surface area contributed by atoms with Crippen molar-refractivity contribution in [3.8, 4) is 0 Å². The fourth-order valence-corrected chi connectivity index (χ4v) is 0.962. The van der Waals surface area contributed by atoms with E-state index < -0.39 is 0 Å². The van der Waals surface area contributed by atoms with Gasteiger partial charge < -0.3 is 4.90 Å². The van der Waals surface area contributed by atoms with Crippen molar-refractivity contribution in [2.45, 2.75) is 6.92 Å². The molecule has 0 saturated heterocycles. The van der Waals surface area contributed by atoms with E-state index in [1.807, 2.05) is 36.8 Å². The third kappa shape index (κ3) is 2.86. The highest BCUT2D eigenvalue weighted by atomic mass is 15.1. The predicted octanol–water partition coefficient (Wildman–Crippen LogP) is 1.04. The van der Waals surface area contributed by atoms with Crippen LogP contribution in [0.2, 0.25) is 0 Å². The molecule has 1 heterocycles. The Labute approximate surface area is 79.3 Å². The Bertz CT molecular complexity index is 316. The van der Waals surface area contributed by atoms with E-state index >= 15 is 0 Å². The minimum absolute atomic E-state index is 0.966. The topological polar surface area (TPSA) is 19.5 Å². The maximum absolute atomic E-state index is 4.33. The summed E-state index contributed by atoms with van der Waals surface area (Å²) in [5.74, 6) is 0.966. The zero-order chi connectivity index (χ0) is 9.84. The largest absolute Gasteiger partial charge is 0.348 e. The average Bonchev–Trinajstić information content (AvgIpc) is 2.06. The quantitative estimate of drug-likeness (QED) is 0.376. The van der Waals surface area contributed by atoms with Gasteiger partial charge in [-0.1, -0.05) is 0 Å². The molecule has 3 nitrogen and oxygen atoms in total. The number of aliphatic imine (C=N–C) groups is 1. The van der Waals surface area contributed by atoms with Crippen LogP contribution < -0.4 is 4.57 Å². The van der Waals surface area contributed by atoms with E-state index in [4.69, 9.17) is 0 Å². The molecule has 0 unspecified atom stereocenters. The molecule has 0 fully saturated rings. The van der Waals surface area contributed by atoms with Gasteiger partial charge in [0.1, 0.15) is 0 Å². The summed E-state index contributed by atoms with van der Waals surface area (Å²) in [5, 5.41) is 0. The molecule has 0 amide bonds. The first-order chi connectivity index (χ1) is 6.09. The average molecular weight is 178 g/mol. The summed E-state index contributed by atoms with van der Waals surface area (Å²) in [6.45, 7) is 2.06. The summed E-state index contributed by atoms with van der Waals surface area (Å²) < 4.78 is 1.99. The SMILES string of the molecule is Cc1cc[n+](C)c(N=CN(C)C)c1. The maximum atomic E-state index is 4.33. The second-order valence-electron chi connectivity index (χ2n) is 3.38. The molecular weight excluding hydrogens is 162 g/mol. The third-order valence-corrected chi connectivity index (χ3v) is 1.70. The fraction of sp³-hybridized carbons (Fsp3) is 0.400. The van der Waals surface area contributed by atoms with Crippen LogP contribution >= 0.6 is 0 Å². The lowest BCUT2D eigenvalue weighted by molar-refractivity contribution is -0.658. The lowest BCUT2D eigenvalue weighted by Crippen LogP contribution is -2.27. The van der Waals surface area contributed by atoms with Crippen molar-refractivity contribution in [2.75, 3.05) is 14.1 Å². The lowest BCUT2D eigenvalue weighted by atomic mass is 10.3. The van der Waals surface area contributed by atoms with Gasteiger partial charge in [-0.3, -0.25) is 0 Å². The highest BCUT2D eigenvalue weighted by Gasteiger charge is 2.03. The van der Waals surface area contributed by atoms with Crippen molar-refractivity contribution < 1.29 is 4.57 Å². The van der Waals surface area contributed by atoms with Crippen LogP contribution in [0.1, 0.15) is 5.56 Å². The van der Waals surface area contributed by atoms with Crippen LogP contribution in [-0.4, -0.2) is 25.3 Å². The smallest absolute Gasteiger partial charge is 0.324 e. The van der Waals surface area contributed by atoms with Crippen molar-refractivity contribution in [1.29, 1.82) is 0 Å². The summed E-state index contributed by atoms with van der Waals surface area (Å²) in [5.41, 5.74) is 1.23. The number of aryl methyl sites for hydroxylation is 2. The van der Waals surface area contributed by atoms with E-state index in [9.17, 15) is 0 Å². The van der Waals surface area contributed by atoms with E-state index in [0.29, 0.717) is 0 Å². The first-order valence-electron chi connectivity index (χ1n) is 4.26. The molecule has 1 aromatic heterocycles. The zero-order valence-corrected chi connectivity index (χ0v) is 8.65. The van der Waals surface area contributed by atoms with Gasteiger partial charge in [-0.05, 0) is 23.5 Å². The third-order valence-electron chi connectivity index (χ3n) is 1.70. The molecule has 0 aliphatic rings. The summed E-state index contributed by atoms with van der Waals surface area (Å²) in [6, 6.07) is 4.12. The molecule has 0 bridgehead atoms. The molecule has 0 saturated carbocycles. The number of pyridine rings is 1. The molecule has 0 radical (unpaired) electrons. The van der Waals surface area contributed by atoms with Gasteiger partial charge in [0.25, 0.3) is 0 Å². The minimum Gasteiger partial charge on any atom is -0.348 e. The second kappa shape index (κ2) is 4.03. The van der Waals surface area contributed by atoms with Gasteiger partial charge in [-0.2, -0.15) is 0 Å². The van der Waals surface area contributed by atoms with Gasteiger partial charge in [0.2, 0.25) is 6.34 Å². The Hall–Kier alpha value is -1.38. The normalized spacial score (nSPS) is 10.8. The standard InChI is InChI=1S/C10H16N3/c1-9-5-6-13(4)10(7-9)11-8-12(2)3/h5-8H,1-4H3/q+1. The van der Waals surface area contributed by atoms with Crippen molar-refractivity contribution in [3.05, 3.63) is 23.9 Å². The van der Waals surface area contributed by atoms with Crippen LogP contribution in [0.25, 0.3) is 0 Å². The van der Waals surface area contributed by atoms with Crippen LogP contribution in [0.5, 0.6) is 0 Å². The zero-order valence-electron chi connectivity index (χ0n) is 8.65. The van der Waals surface area contributed by atoms with Crippen LogP contribution in [0, 0.1) is 6.92 Å². The molecule has 0 aliphatic heterocycles. The number of nitrogens with zero attached hydrogens (tertiary/aromatic N) is 3. The van der Waals surface area contributed by atoms with Crippen molar-refractivity contribution in [2.24, 2.45) is 12.0 Å². The Kier molecular flexibility index (Phi) is 3.01. The molecule has 13 heavy (non-hydrogen) atoms. The monoisotopic (exact) mass is 178 g/mol. The Morgan fingerprint density at radius 3 is 2.77 bits per heavy atom. The molecule has 1 rings (SSSR count). The van der Waals surface area contributed by atoms with E-state index in [1.54, 1.807) is 6.34 Å². The Balaban J connectivity index is 2.93. The van der Waals surface area contributed by atoms with Crippen molar-refractivity contribution >= 4 is 12.2 Å². The fourth-order valence-electron chi connectivity index (χ4n) is 0.962. The minimum atomic E-state index is 0.966. The summed E-state index contributed by atoms with van der Waals surface area (Å²) in [7, 11) is 5.90. The molecule has 0 atom stereocenters. The van der Waals surface area contributed by atoms with Gasteiger partial charge >= 0.3 is 5.82 Å². The lowest BCUT2D eigenvalue weighted by Gasteiger charge is -1.98. The van der Waals surface area contributed by atoms with E-state index in [-0.39, 0.29) is 0 Å². The highest BCUT2D eigenvalue weighted by Crippen LogP contribution is 2.05. The van der Waals surface area contributed by atoms with E-state index in [2.05, 4.69) is 24.0 Å². The predicted molar refractivity (Wildman–Crippen MR) is 54.2 cm³/mol. The number of aromatic nitrogens is 1. The summed E-state index contributed by atoms with van der Waals surface area (Å²) in [4.78, 5) is 6.25. The molecule has 0 spiro atoms. The maximum Gasteiger partial charge on any atom is 0.324 e. The molecule has 0 N–H and O–H groups in total. The molecule has 0 aromatic carbocycles. The summed E-state index contributed by atoms with van der Waals surface area (Å²) >= 11 is 0. The highest BCUT2D eigenvalue weighted by molar-refractivity contribution is 5.58.